The van der Waals surface area contributed by atoms with Crippen molar-refractivity contribution in [1.82, 2.24) is 10.6 Å². The number of benzene rings is 3. The molecule has 3 aliphatic rings. The first-order valence-corrected chi connectivity index (χ1v) is 11.8. The highest BCUT2D eigenvalue weighted by molar-refractivity contribution is 5.95. The van der Waals surface area contributed by atoms with Crippen molar-refractivity contribution in [3.05, 3.63) is 89.5 Å². The third-order valence-electron chi connectivity index (χ3n) is 7.56. The van der Waals surface area contributed by atoms with Crippen LogP contribution in [-0.2, 0) is 17.6 Å². The number of anilines is 1. The van der Waals surface area contributed by atoms with Crippen molar-refractivity contribution in [2.75, 3.05) is 18.0 Å². The lowest BCUT2D eigenvalue weighted by Gasteiger charge is -2.42. The van der Waals surface area contributed by atoms with Crippen LogP contribution in [0.25, 0.3) is 11.1 Å². The van der Waals surface area contributed by atoms with Gasteiger partial charge in [0.15, 0.2) is 0 Å². The molecule has 1 amide bonds. The zero-order valence-electron chi connectivity index (χ0n) is 18.3. The number of amides is 1. The Bertz CT molecular complexity index is 1150. The van der Waals surface area contributed by atoms with Gasteiger partial charge in [-0.3, -0.25) is 4.79 Å². The maximum atomic E-state index is 13.6. The van der Waals surface area contributed by atoms with Crippen molar-refractivity contribution < 1.29 is 4.79 Å². The Kier molecular flexibility index (Phi) is 4.76. The molecule has 1 unspecified atom stereocenters. The first-order valence-electron chi connectivity index (χ1n) is 11.8. The van der Waals surface area contributed by atoms with Gasteiger partial charge in [-0.2, -0.15) is 0 Å². The van der Waals surface area contributed by atoms with E-state index in [1.54, 1.807) is 0 Å². The molecule has 0 aromatic heterocycles. The van der Waals surface area contributed by atoms with Gasteiger partial charge in [0.05, 0.1) is 0 Å². The topological polar surface area (TPSA) is 44.4 Å². The minimum absolute atomic E-state index is 0.150. The van der Waals surface area contributed by atoms with E-state index < -0.39 is 5.54 Å². The summed E-state index contributed by atoms with van der Waals surface area (Å²) in [6.45, 7) is 1.73. The normalized spacial score (nSPS) is 21.6. The highest BCUT2D eigenvalue weighted by atomic mass is 16.2. The van der Waals surface area contributed by atoms with Crippen molar-refractivity contribution in [2.45, 2.75) is 43.8 Å². The van der Waals surface area contributed by atoms with E-state index in [1.807, 2.05) is 6.07 Å². The van der Waals surface area contributed by atoms with Crippen LogP contribution in [0, 0.1) is 0 Å². The number of hydrogen-bond acceptors (Lipinski definition) is 3. The van der Waals surface area contributed by atoms with E-state index in [0.717, 1.165) is 50.9 Å². The van der Waals surface area contributed by atoms with Gasteiger partial charge >= 0.3 is 0 Å². The standard InChI is InChI=1S/C28H29N3O/c32-27-28(16-18-29-19-17-28)31(21-10-2-1-3-11-21)26(30-27)25-15-7-14-23-22-12-5-4-8-20(22)9-6-13-24(23)25/h1-5,7-8,10-12,14-15,26,29H,6,9,13,16-19H2,(H,30,32). The van der Waals surface area contributed by atoms with Crippen LogP contribution in [0.3, 0.4) is 0 Å². The lowest BCUT2D eigenvalue weighted by molar-refractivity contribution is -0.124. The molecule has 0 bridgehead atoms. The van der Waals surface area contributed by atoms with Crippen molar-refractivity contribution in [2.24, 2.45) is 0 Å². The Balaban J connectivity index is 1.52. The third kappa shape index (κ3) is 2.97. The Morgan fingerprint density at radius 1 is 0.812 bits per heavy atom. The lowest BCUT2D eigenvalue weighted by Crippen LogP contribution is -2.55. The van der Waals surface area contributed by atoms with E-state index in [1.165, 1.54) is 27.8 Å². The van der Waals surface area contributed by atoms with Crippen molar-refractivity contribution in [1.29, 1.82) is 0 Å². The van der Waals surface area contributed by atoms with Gasteiger partial charge in [-0.05, 0) is 85.1 Å². The predicted molar refractivity (Wildman–Crippen MR) is 129 cm³/mol. The van der Waals surface area contributed by atoms with Gasteiger partial charge in [0.2, 0.25) is 5.91 Å². The Morgan fingerprint density at radius 2 is 1.56 bits per heavy atom. The molecule has 0 saturated carbocycles. The van der Waals surface area contributed by atoms with Gasteiger partial charge in [-0.25, -0.2) is 0 Å². The molecule has 2 aliphatic heterocycles. The van der Waals surface area contributed by atoms with Crippen LogP contribution in [0.1, 0.15) is 42.1 Å². The molecule has 4 heteroatoms. The van der Waals surface area contributed by atoms with Crippen LogP contribution in [0.4, 0.5) is 5.69 Å². The molecule has 2 fully saturated rings. The molecule has 0 radical (unpaired) electrons. The smallest absolute Gasteiger partial charge is 0.247 e. The number of hydrogen-bond donors (Lipinski definition) is 2. The van der Waals surface area contributed by atoms with Crippen LogP contribution in [0.2, 0.25) is 0 Å². The second kappa shape index (κ2) is 7.79. The number of carbonyl (C=O) groups is 1. The molecule has 1 aliphatic carbocycles. The minimum Gasteiger partial charge on any atom is -0.332 e. The number of aryl methyl sites for hydroxylation is 1. The first-order chi connectivity index (χ1) is 15.8. The summed E-state index contributed by atoms with van der Waals surface area (Å²) < 4.78 is 0. The number of carbonyl (C=O) groups excluding carboxylic acids is 1. The summed E-state index contributed by atoms with van der Waals surface area (Å²) in [7, 11) is 0. The molecule has 162 valence electrons. The number of nitrogens with zero attached hydrogens (tertiary/aromatic N) is 1. The average Bonchev–Trinajstić information content (AvgIpc) is 2.99. The second-order valence-electron chi connectivity index (χ2n) is 9.25. The summed E-state index contributed by atoms with van der Waals surface area (Å²) >= 11 is 0. The molecule has 4 nitrogen and oxygen atoms in total. The van der Waals surface area contributed by atoms with E-state index in [2.05, 4.69) is 82.3 Å². The molecule has 3 aromatic rings. The number of fused-ring (bicyclic) bond motifs is 3. The quantitative estimate of drug-likeness (QED) is 0.633. The fraction of sp³-hybridized carbons (Fsp3) is 0.321. The van der Waals surface area contributed by atoms with Crippen LogP contribution in [-0.4, -0.2) is 24.5 Å². The van der Waals surface area contributed by atoms with E-state index >= 15 is 0 Å². The van der Waals surface area contributed by atoms with Gasteiger partial charge in [0, 0.05) is 5.69 Å². The van der Waals surface area contributed by atoms with Gasteiger partial charge < -0.3 is 15.5 Å². The van der Waals surface area contributed by atoms with Crippen molar-refractivity contribution in [3.8, 4) is 11.1 Å². The third-order valence-corrected chi connectivity index (χ3v) is 7.56. The number of rotatable bonds is 2. The summed E-state index contributed by atoms with van der Waals surface area (Å²) in [5.74, 6) is 0.166. The number of nitrogens with one attached hydrogen (secondary N) is 2. The Hall–Kier alpha value is -3.11. The minimum atomic E-state index is -0.497. The molecule has 2 N–H and O–H groups in total. The zero-order valence-corrected chi connectivity index (χ0v) is 18.3. The lowest BCUT2D eigenvalue weighted by atomic mass is 9.85. The molecule has 2 heterocycles. The summed E-state index contributed by atoms with van der Waals surface area (Å²) in [6.07, 6.45) is 4.75. The Labute approximate surface area is 189 Å². The van der Waals surface area contributed by atoms with Crippen LogP contribution < -0.4 is 15.5 Å². The predicted octanol–water partition coefficient (Wildman–Crippen LogP) is 4.60. The average molecular weight is 424 g/mol. The van der Waals surface area contributed by atoms with Gasteiger partial charge in [-0.15, -0.1) is 0 Å². The molecular formula is C28H29N3O. The van der Waals surface area contributed by atoms with Crippen LogP contribution >= 0.6 is 0 Å². The summed E-state index contributed by atoms with van der Waals surface area (Å²) in [6, 6.07) is 25.9. The highest BCUT2D eigenvalue weighted by Gasteiger charge is 2.54. The Morgan fingerprint density at radius 3 is 2.41 bits per heavy atom. The number of para-hydroxylation sites is 1. The van der Waals surface area contributed by atoms with Crippen LogP contribution in [0.15, 0.2) is 72.8 Å². The zero-order chi connectivity index (χ0) is 21.5. The largest absolute Gasteiger partial charge is 0.332 e. The first kappa shape index (κ1) is 19.6. The van der Waals surface area contributed by atoms with Gasteiger partial charge in [0.25, 0.3) is 0 Å². The molecule has 6 rings (SSSR count). The number of piperidine rings is 1. The molecule has 32 heavy (non-hydrogen) atoms. The van der Waals surface area contributed by atoms with Gasteiger partial charge in [-0.1, -0.05) is 60.7 Å². The molecular weight excluding hydrogens is 394 g/mol. The second-order valence-corrected chi connectivity index (χ2v) is 9.25. The molecule has 1 spiro atoms. The van der Waals surface area contributed by atoms with E-state index in [-0.39, 0.29) is 12.1 Å². The van der Waals surface area contributed by atoms with Crippen LogP contribution in [0.5, 0.6) is 0 Å². The van der Waals surface area contributed by atoms with Crippen molar-refractivity contribution >= 4 is 11.6 Å². The fourth-order valence-corrected chi connectivity index (χ4v) is 6.04. The van der Waals surface area contributed by atoms with E-state index in [4.69, 9.17) is 0 Å². The summed E-state index contributed by atoms with van der Waals surface area (Å²) in [5, 5.41) is 6.88. The molecule has 2 saturated heterocycles. The fourth-order valence-electron chi connectivity index (χ4n) is 6.04. The van der Waals surface area contributed by atoms with E-state index in [0.29, 0.717) is 0 Å². The summed E-state index contributed by atoms with van der Waals surface area (Å²) in [4.78, 5) is 16.0. The highest BCUT2D eigenvalue weighted by Crippen LogP contribution is 2.45. The molecule has 1 atom stereocenters. The maximum Gasteiger partial charge on any atom is 0.247 e. The SMILES string of the molecule is O=C1NC(c2cccc3c2CCCc2ccccc2-3)N(c2ccccc2)C12CCNCC2. The summed E-state index contributed by atoms with van der Waals surface area (Å²) in [5.41, 5.74) is 7.33. The van der Waals surface area contributed by atoms with Crippen molar-refractivity contribution in [3.63, 3.8) is 0 Å². The molecule has 3 aromatic carbocycles. The maximum absolute atomic E-state index is 13.6. The van der Waals surface area contributed by atoms with E-state index in [9.17, 15) is 4.79 Å². The monoisotopic (exact) mass is 423 g/mol. The van der Waals surface area contributed by atoms with Gasteiger partial charge in [0.1, 0.15) is 11.7 Å².